The Hall–Kier alpha value is -2.94. The first-order chi connectivity index (χ1) is 12.3. The van der Waals surface area contributed by atoms with E-state index in [-0.39, 0.29) is 28.0 Å². The van der Waals surface area contributed by atoms with Gasteiger partial charge in [-0.05, 0) is 53.0 Å². The predicted octanol–water partition coefficient (Wildman–Crippen LogP) is 3.24. The van der Waals surface area contributed by atoms with Gasteiger partial charge in [-0.15, -0.1) is 0 Å². The molecule has 3 N–H and O–H groups in total. The van der Waals surface area contributed by atoms with E-state index in [1.165, 1.54) is 6.07 Å². The highest BCUT2D eigenvalue weighted by molar-refractivity contribution is 9.10. The molecule has 0 spiro atoms. The summed E-state index contributed by atoms with van der Waals surface area (Å²) in [5, 5.41) is 27.4. The smallest absolute Gasteiger partial charge is 0.271 e. The van der Waals surface area contributed by atoms with E-state index in [1.54, 1.807) is 0 Å². The van der Waals surface area contributed by atoms with E-state index in [1.807, 2.05) is 32.0 Å². The monoisotopic (exact) mass is 420 g/mol. The van der Waals surface area contributed by atoms with Crippen molar-refractivity contribution in [3.8, 4) is 5.75 Å². The van der Waals surface area contributed by atoms with Crippen LogP contribution in [0.15, 0.2) is 39.9 Å². The molecule has 0 aliphatic carbocycles. The van der Waals surface area contributed by atoms with Crippen LogP contribution in [0.1, 0.15) is 16.7 Å². The van der Waals surface area contributed by atoms with Gasteiger partial charge in [0.05, 0.1) is 22.2 Å². The number of carbonyl (C=O) groups excluding carboxylic acids is 1. The summed E-state index contributed by atoms with van der Waals surface area (Å²) in [6.45, 7) is 3.99. The van der Waals surface area contributed by atoms with Crippen LogP contribution in [0.25, 0.3) is 0 Å². The molecule has 0 aliphatic rings. The first-order valence-corrected chi connectivity index (χ1v) is 8.37. The van der Waals surface area contributed by atoms with Gasteiger partial charge < -0.3 is 10.4 Å². The number of hydrogen-bond acceptors (Lipinski definition) is 6. The van der Waals surface area contributed by atoms with Gasteiger partial charge in [0.1, 0.15) is 5.75 Å². The molecular weight excluding hydrogens is 404 g/mol. The van der Waals surface area contributed by atoms with Gasteiger partial charge in [0.2, 0.25) is 0 Å². The zero-order valence-electron chi connectivity index (χ0n) is 14.1. The Morgan fingerprint density at radius 1 is 1.31 bits per heavy atom. The molecule has 0 heterocycles. The summed E-state index contributed by atoms with van der Waals surface area (Å²) in [5.74, 6) is -0.606. The van der Waals surface area contributed by atoms with E-state index in [9.17, 15) is 20.0 Å². The first kappa shape index (κ1) is 19.4. The van der Waals surface area contributed by atoms with E-state index in [2.05, 4.69) is 31.8 Å². The fourth-order valence-electron chi connectivity index (χ4n) is 2.06. The number of carbonyl (C=O) groups is 1. The fourth-order valence-corrected chi connectivity index (χ4v) is 2.52. The highest BCUT2D eigenvalue weighted by atomic mass is 79.9. The van der Waals surface area contributed by atoms with Crippen LogP contribution in [0.4, 0.5) is 11.4 Å². The number of aromatic hydroxyl groups is 1. The molecule has 0 unspecified atom stereocenters. The second kappa shape index (κ2) is 8.43. The van der Waals surface area contributed by atoms with Gasteiger partial charge >= 0.3 is 0 Å². The average molecular weight is 421 g/mol. The number of phenolic OH excluding ortho intramolecular Hbond substituents is 1. The summed E-state index contributed by atoms with van der Waals surface area (Å²) in [4.78, 5) is 22.1. The Balaban J connectivity index is 1.96. The second-order valence-electron chi connectivity index (χ2n) is 5.57. The van der Waals surface area contributed by atoms with Crippen LogP contribution < -0.4 is 10.7 Å². The topological polar surface area (TPSA) is 117 Å². The lowest BCUT2D eigenvalue weighted by Crippen LogP contribution is -2.25. The van der Waals surface area contributed by atoms with Crippen LogP contribution in [0.3, 0.4) is 0 Å². The minimum Gasteiger partial charge on any atom is -0.506 e. The normalized spacial score (nSPS) is 10.7. The van der Waals surface area contributed by atoms with Gasteiger partial charge in [-0.25, -0.2) is 5.43 Å². The minimum absolute atomic E-state index is 0.00442. The number of anilines is 1. The van der Waals surface area contributed by atoms with Crippen molar-refractivity contribution >= 4 is 39.4 Å². The third-order valence-electron chi connectivity index (χ3n) is 3.64. The van der Waals surface area contributed by atoms with Gasteiger partial charge in [-0.2, -0.15) is 5.10 Å². The molecule has 0 saturated carbocycles. The highest BCUT2D eigenvalue weighted by Gasteiger charge is 2.13. The van der Waals surface area contributed by atoms with Crippen molar-refractivity contribution < 1.29 is 14.8 Å². The lowest BCUT2D eigenvalue weighted by molar-refractivity contribution is -0.385. The van der Waals surface area contributed by atoms with Crippen LogP contribution in [0.5, 0.6) is 5.75 Å². The molecule has 2 aromatic carbocycles. The lowest BCUT2D eigenvalue weighted by atomic mass is 10.1. The van der Waals surface area contributed by atoms with Crippen molar-refractivity contribution in [2.24, 2.45) is 5.10 Å². The number of amides is 1. The number of nitrogens with zero attached hydrogens (tertiary/aromatic N) is 2. The number of hydrogen-bond donors (Lipinski definition) is 3. The summed E-state index contributed by atoms with van der Waals surface area (Å²) in [6.07, 6.45) is 1.14. The number of aryl methyl sites for hydroxylation is 2. The molecule has 1 amide bonds. The predicted molar refractivity (Wildman–Crippen MR) is 103 cm³/mol. The summed E-state index contributed by atoms with van der Waals surface area (Å²) < 4.78 is 0.163. The molecule has 0 aromatic heterocycles. The van der Waals surface area contributed by atoms with Crippen LogP contribution in [0.2, 0.25) is 0 Å². The minimum atomic E-state index is -0.590. The number of benzene rings is 2. The Morgan fingerprint density at radius 3 is 2.69 bits per heavy atom. The molecule has 0 aliphatic heterocycles. The summed E-state index contributed by atoms with van der Waals surface area (Å²) >= 11 is 3.03. The molecular formula is C17H17BrN4O4. The van der Waals surface area contributed by atoms with Crippen molar-refractivity contribution in [3.63, 3.8) is 0 Å². The van der Waals surface area contributed by atoms with Crippen LogP contribution in [-0.4, -0.2) is 28.7 Å². The van der Waals surface area contributed by atoms with Crippen LogP contribution in [0, 0.1) is 24.0 Å². The zero-order chi connectivity index (χ0) is 19.3. The SMILES string of the molecule is Cc1ccc(NCC(=O)N/N=C\c2cc([N+](=O)[O-])cc(Br)c2O)cc1C. The quantitative estimate of drug-likeness (QED) is 0.376. The number of phenols is 1. The molecule has 0 saturated heterocycles. The van der Waals surface area contributed by atoms with Crippen molar-refractivity contribution in [3.05, 3.63) is 61.6 Å². The number of non-ortho nitro benzene ring substituents is 1. The number of nitro benzene ring substituents is 1. The van der Waals surface area contributed by atoms with Gasteiger partial charge in [0.15, 0.2) is 0 Å². The molecule has 8 nitrogen and oxygen atoms in total. The van der Waals surface area contributed by atoms with Gasteiger partial charge in [0.25, 0.3) is 11.6 Å². The van der Waals surface area contributed by atoms with E-state index < -0.39 is 10.8 Å². The third-order valence-corrected chi connectivity index (χ3v) is 4.25. The maximum atomic E-state index is 11.8. The third kappa shape index (κ3) is 5.03. The zero-order valence-corrected chi connectivity index (χ0v) is 15.7. The summed E-state index contributed by atoms with van der Waals surface area (Å²) in [7, 11) is 0. The number of halogens is 1. The Morgan fingerprint density at radius 2 is 2.04 bits per heavy atom. The largest absolute Gasteiger partial charge is 0.506 e. The lowest BCUT2D eigenvalue weighted by Gasteiger charge is -2.07. The number of nitrogens with one attached hydrogen (secondary N) is 2. The average Bonchev–Trinajstić information content (AvgIpc) is 2.59. The van der Waals surface area contributed by atoms with Crippen molar-refractivity contribution in [2.75, 3.05) is 11.9 Å². The van der Waals surface area contributed by atoms with Crippen molar-refractivity contribution in [1.29, 1.82) is 0 Å². The molecule has 2 rings (SSSR count). The van der Waals surface area contributed by atoms with E-state index in [0.29, 0.717) is 0 Å². The Labute approximate surface area is 158 Å². The van der Waals surface area contributed by atoms with E-state index in [4.69, 9.17) is 0 Å². The van der Waals surface area contributed by atoms with Crippen LogP contribution >= 0.6 is 15.9 Å². The highest BCUT2D eigenvalue weighted by Crippen LogP contribution is 2.31. The standard InChI is InChI=1S/C17H17BrN4O4/c1-10-3-4-13(5-11(10)2)19-9-16(23)21-20-8-12-6-14(22(25)26)7-15(18)17(12)24/h3-8,19,24H,9H2,1-2H3,(H,21,23)/b20-8-. The molecule has 26 heavy (non-hydrogen) atoms. The number of rotatable bonds is 6. The molecule has 9 heteroatoms. The Bertz CT molecular complexity index is 883. The summed E-state index contributed by atoms with van der Waals surface area (Å²) in [5.41, 5.74) is 5.27. The fraction of sp³-hybridized carbons (Fsp3) is 0.176. The molecule has 0 radical (unpaired) electrons. The number of nitro groups is 1. The Kier molecular flexibility index (Phi) is 6.29. The molecule has 0 atom stereocenters. The molecule has 0 fully saturated rings. The maximum Gasteiger partial charge on any atom is 0.271 e. The van der Waals surface area contributed by atoms with E-state index >= 15 is 0 Å². The molecule has 136 valence electrons. The van der Waals surface area contributed by atoms with Crippen molar-refractivity contribution in [2.45, 2.75) is 13.8 Å². The molecule has 0 bridgehead atoms. The number of hydrazone groups is 1. The van der Waals surface area contributed by atoms with Gasteiger partial charge in [-0.1, -0.05) is 6.07 Å². The van der Waals surface area contributed by atoms with Gasteiger partial charge in [-0.3, -0.25) is 14.9 Å². The van der Waals surface area contributed by atoms with Crippen LogP contribution in [-0.2, 0) is 4.79 Å². The van der Waals surface area contributed by atoms with Gasteiger partial charge in [0, 0.05) is 23.4 Å². The second-order valence-corrected chi connectivity index (χ2v) is 6.42. The van der Waals surface area contributed by atoms with E-state index in [0.717, 1.165) is 29.1 Å². The first-order valence-electron chi connectivity index (χ1n) is 7.58. The summed E-state index contributed by atoms with van der Waals surface area (Å²) in [6, 6.07) is 8.10. The van der Waals surface area contributed by atoms with Crippen molar-refractivity contribution in [1.82, 2.24) is 5.43 Å². The maximum absolute atomic E-state index is 11.8. The molecule has 2 aromatic rings.